The lowest BCUT2D eigenvalue weighted by Crippen LogP contribution is -2.72. The predicted octanol–water partition coefficient (Wildman–Crippen LogP) is 3.47. The molecule has 11 atom stereocenters. The fourth-order valence-electron chi connectivity index (χ4n) is 11.0. The molecule has 0 aliphatic heterocycles. The highest BCUT2D eigenvalue weighted by Crippen LogP contribution is 2.76. The first-order valence-electron chi connectivity index (χ1n) is 14.3. The Bertz CT molecular complexity index is 1020. The van der Waals surface area contributed by atoms with Gasteiger partial charge < -0.3 is 30.6 Å². The smallest absolute Gasteiger partial charge is 0.310 e. The second-order valence-electron chi connectivity index (χ2n) is 14.9. The minimum Gasteiger partial charge on any atom is -0.481 e. The lowest BCUT2D eigenvalue weighted by atomic mass is 9.32. The van der Waals surface area contributed by atoms with Crippen molar-refractivity contribution in [2.24, 2.45) is 50.7 Å². The van der Waals surface area contributed by atoms with Crippen molar-refractivity contribution in [3.63, 3.8) is 0 Å². The van der Waals surface area contributed by atoms with Crippen molar-refractivity contribution in [2.45, 2.75) is 110 Å². The molecule has 4 saturated carbocycles. The van der Waals surface area contributed by atoms with Gasteiger partial charge in [0.05, 0.1) is 23.0 Å². The number of allylic oxidation sites excluding steroid dienone is 1. The van der Waals surface area contributed by atoms with Crippen LogP contribution in [0.2, 0.25) is 0 Å². The number of fused-ring (bicyclic) bond motifs is 7. The van der Waals surface area contributed by atoms with E-state index in [0.717, 1.165) is 18.4 Å². The van der Waals surface area contributed by atoms with Crippen LogP contribution in [0, 0.1) is 50.7 Å². The number of carbonyl (C=O) groups is 1. The van der Waals surface area contributed by atoms with E-state index in [1.165, 1.54) is 0 Å². The summed E-state index contributed by atoms with van der Waals surface area (Å²) in [5, 5.41) is 65.8. The number of carboxylic acid groups (broad SMARTS) is 1. The molecule has 0 saturated heterocycles. The summed E-state index contributed by atoms with van der Waals surface area (Å²) >= 11 is 0. The van der Waals surface area contributed by atoms with Gasteiger partial charge in [0.2, 0.25) is 0 Å². The second-order valence-corrected chi connectivity index (χ2v) is 14.9. The SMILES string of the molecule is C[C@@H]1CC[C@]2(C(=O)O)CC[C@]3(C)C(=CC[C@@H]4[C@@]5(C)CC(O)C(O)(O)C(C)(CO)C5CC[C@]43C)[C@@H]2[C@]1(C)O. The van der Waals surface area contributed by atoms with Crippen LogP contribution in [0.1, 0.15) is 92.9 Å². The van der Waals surface area contributed by atoms with E-state index in [9.17, 15) is 35.4 Å². The van der Waals surface area contributed by atoms with Gasteiger partial charge >= 0.3 is 5.97 Å². The zero-order chi connectivity index (χ0) is 27.6. The molecule has 5 aliphatic rings. The Hall–Kier alpha value is -0.990. The third-order valence-corrected chi connectivity index (χ3v) is 13.8. The number of hydrogen-bond acceptors (Lipinski definition) is 6. The zero-order valence-electron chi connectivity index (χ0n) is 23.4. The molecular weight excluding hydrogens is 472 g/mol. The molecule has 5 rings (SSSR count). The van der Waals surface area contributed by atoms with Gasteiger partial charge in [-0.25, -0.2) is 0 Å². The monoisotopic (exact) mass is 520 g/mol. The molecule has 0 aromatic carbocycles. The maximum atomic E-state index is 12.8. The molecule has 0 spiro atoms. The van der Waals surface area contributed by atoms with Gasteiger partial charge in [0.1, 0.15) is 6.10 Å². The topological polar surface area (TPSA) is 138 Å². The summed E-state index contributed by atoms with van der Waals surface area (Å²) < 4.78 is 0. The highest BCUT2D eigenvalue weighted by Gasteiger charge is 2.74. The third kappa shape index (κ3) is 2.99. The molecule has 0 aromatic rings. The number of carboxylic acids is 1. The maximum Gasteiger partial charge on any atom is 0.310 e. The van der Waals surface area contributed by atoms with E-state index in [2.05, 4.69) is 26.8 Å². The number of rotatable bonds is 2. The lowest BCUT2D eigenvalue weighted by molar-refractivity contribution is -0.361. The van der Waals surface area contributed by atoms with Gasteiger partial charge in [-0.05, 0) is 92.3 Å². The molecule has 7 heteroatoms. The second kappa shape index (κ2) is 7.81. The third-order valence-electron chi connectivity index (χ3n) is 13.8. The van der Waals surface area contributed by atoms with E-state index < -0.39 is 52.2 Å². The Labute approximate surface area is 221 Å². The molecule has 7 nitrogen and oxygen atoms in total. The molecular formula is C30H48O7. The highest BCUT2D eigenvalue weighted by atomic mass is 16.5. The fourth-order valence-corrected chi connectivity index (χ4v) is 11.0. The van der Waals surface area contributed by atoms with Gasteiger partial charge in [0.15, 0.2) is 5.79 Å². The van der Waals surface area contributed by atoms with E-state index >= 15 is 0 Å². The fraction of sp³-hybridized carbons (Fsp3) is 0.900. The van der Waals surface area contributed by atoms with Crippen LogP contribution < -0.4 is 0 Å². The van der Waals surface area contributed by atoms with Gasteiger partial charge in [-0.3, -0.25) is 4.79 Å². The molecule has 3 unspecified atom stereocenters. The van der Waals surface area contributed by atoms with E-state index in [0.29, 0.717) is 32.1 Å². The van der Waals surface area contributed by atoms with Crippen LogP contribution in [0.4, 0.5) is 0 Å². The van der Waals surface area contributed by atoms with Crippen LogP contribution >= 0.6 is 0 Å². The first-order chi connectivity index (χ1) is 16.9. The summed E-state index contributed by atoms with van der Waals surface area (Å²) in [4.78, 5) is 12.8. The molecule has 6 N–H and O–H groups in total. The Morgan fingerprint density at radius 1 is 0.973 bits per heavy atom. The van der Waals surface area contributed by atoms with Crippen molar-refractivity contribution in [1.29, 1.82) is 0 Å². The number of aliphatic hydroxyl groups is 5. The Morgan fingerprint density at radius 3 is 2.22 bits per heavy atom. The van der Waals surface area contributed by atoms with Crippen LogP contribution in [0.3, 0.4) is 0 Å². The van der Waals surface area contributed by atoms with Crippen LogP contribution in [0.15, 0.2) is 11.6 Å². The van der Waals surface area contributed by atoms with Gasteiger partial charge in [0, 0.05) is 5.92 Å². The van der Waals surface area contributed by atoms with Gasteiger partial charge in [0.25, 0.3) is 0 Å². The van der Waals surface area contributed by atoms with Crippen molar-refractivity contribution < 1.29 is 35.4 Å². The first kappa shape index (κ1) is 27.6. The average molecular weight is 521 g/mol. The lowest BCUT2D eigenvalue weighted by Gasteiger charge is -2.72. The standard InChI is InChI=1S/C30H48O7/c1-17-9-12-29(23(33)34)14-13-25(3)18(22(29)28(17,6)35)7-8-19-24(2)15-21(32)30(36,37)27(5,16-31)20(24)10-11-26(19,25)4/h7,17,19-22,31-32,35-37H,8-16H2,1-6H3,(H,33,34)/t17-,19-,20?,21?,22-,24-,25-,26-,27?,28-,29+/m1/s1. The Morgan fingerprint density at radius 2 is 1.62 bits per heavy atom. The van der Waals surface area contributed by atoms with Gasteiger partial charge in [-0.2, -0.15) is 0 Å². The predicted molar refractivity (Wildman–Crippen MR) is 138 cm³/mol. The van der Waals surface area contributed by atoms with Crippen molar-refractivity contribution in [3.05, 3.63) is 11.6 Å². The zero-order valence-corrected chi connectivity index (χ0v) is 23.4. The molecule has 0 bridgehead atoms. The molecule has 4 fully saturated rings. The van der Waals surface area contributed by atoms with E-state index in [-0.39, 0.29) is 35.0 Å². The minimum atomic E-state index is -2.37. The molecule has 0 radical (unpaired) electrons. The van der Waals surface area contributed by atoms with Crippen LogP contribution in [0.5, 0.6) is 0 Å². The van der Waals surface area contributed by atoms with Gasteiger partial charge in [-0.15, -0.1) is 0 Å². The van der Waals surface area contributed by atoms with Crippen LogP contribution in [0.25, 0.3) is 0 Å². The summed E-state index contributed by atoms with van der Waals surface area (Å²) in [7, 11) is 0. The van der Waals surface area contributed by atoms with Crippen molar-refractivity contribution in [1.82, 2.24) is 0 Å². The molecule has 210 valence electrons. The quantitative estimate of drug-likeness (QED) is 0.242. The van der Waals surface area contributed by atoms with E-state index in [1.54, 1.807) is 6.92 Å². The summed E-state index contributed by atoms with van der Waals surface area (Å²) in [5.74, 6) is -3.72. The largest absolute Gasteiger partial charge is 0.481 e. The summed E-state index contributed by atoms with van der Waals surface area (Å²) in [6.07, 6.45) is 5.77. The number of hydrogen-bond donors (Lipinski definition) is 6. The molecule has 37 heavy (non-hydrogen) atoms. The summed E-state index contributed by atoms with van der Waals surface area (Å²) in [6, 6.07) is 0. The minimum absolute atomic E-state index is 0.00649. The molecule has 0 heterocycles. The Kier molecular flexibility index (Phi) is 5.82. The van der Waals surface area contributed by atoms with E-state index in [4.69, 9.17) is 0 Å². The normalized spacial score (nSPS) is 56.7. The number of aliphatic hydroxyl groups excluding tert-OH is 2. The van der Waals surface area contributed by atoms with E-state index in [1.807, 2.05) is 13.8 Å². The van der Waals surface area contributed by atoms with Crippen LogP contribution in [-0.4, -0.2) is 60.7 Å². The van der Waals surface area contributed by atoms with Crippen molar-refractivity contribution in [3.8, 4) is 0 Å². The van der Waals surface area contributed by atoms with Crippen LogP contribution in [-0.2, 0) is 4.79 Å². The average Bonchev–Trinajstić information content (AvgIpc) is 2.80. The Balaban J connectivity index is 1.65. The van der Waals surface area contributed by atoms with Gasteiger partial charge in [-0.1, -0.05) is 46.3 Å². The van der Waals surface area contributed by atoms with Crippen molar-refractivity contribution >= 4 is 5.97 Å². The number of aliphatic carboxylic acids is 1. The highest BCUT2D eigenvalue weighted by molar-refractivity contribution is 5.77. The van der Waals surface area contributed by atoms with Crippen molar-refractivity contribution in [2.75, 3.05) is 6.61 Å². The first-order valence-corrected chi connectivity index (χ1v) is 14.3. The molecule has 5 aliphatic carbocycles. The maximum absolute atomic E-state index is 12.8. The molecule has 0 aromatic heterocycles. The summed E-state index contributed by atoms with van der Waals surface area (Å²) in [6.45, 7) is 11.9. The molecule has 0 amide bonds. The summed E-state index contributed by atoms with van der Waals surface area (Å²) in [5.41, 5.74) is -3.27.